The van der Waals surface area contributed by atoms with Crippen LogP contribution in [0.3, 0.4) is 0 Å². The van der Waals surface area contributed by atoms with E-state index in [1.54, 1.807) is 24.3 Å². The van der Waals surface area contributed by atoms with Gasteiger partial charge in [0.1, 0.15) is 11.5 Å². The van der Waals surface area contributed by atoms with Crippen molar-refractivity contribution >= 4 is 11.7 Å². The van der Waals surface area contributed by atoms with Gasteiger partial charge in [-0.3, -0.25) is 10.1 Å². The summed E-state index contributed by atoms with van der Waals surface area (Å²) in [6.45, 7) is -0.354. The molecule has 0 saturated heterocycles. The fourth-order valence-corrected chi connectivity index (χ4v) is 1.66. The fraction of sp³-hybridized carbons (Fsp3) is 0.133. The van der Waals surface area contributed by atoms with Gasteiger partial charge in [0, 0.05) is 0 Å². The summed E-state index contributed by atoms with van der Waals surface area (Å²) in [5.74, 6) is -0.0969. The second-order valence-corrected chi connectivity index (χ2v) is 4.17. The van der Waals surface area contributed by atoms with Crippen molar-refractivity contribution in [2.75, 3.05) is 13.7 Å². The topological polar surface area (TPSA) is 87.9 Å². The molecule has 114 valence electrons. The first-order chi connectivity index (χ1) is 10.6. The summed E-state index contributed by atoms with van der Waals surface area (Å²) in [6.07, 6.45) is 0. The smallest absolute Gasteiger partial charge is 0.349 e. The van der Waals surface area contributed by atoms with Crippen LogP contribution in [-0.4, -0.2) is 24.6 Å². The van der Waals surface area contributed by atoms with Crippen LogP contribution in [0.4, 0.5) is 5.69 Å². The van der Waals surface area contributed by atoms with Gasteiger partial charge in [0.25, 0.3) is 0 Å². The van der Waals surface area contributed by atoms with Crippen LogP contribution in [0.5, 0.6) is 17.2 Å². The highest BCUT2D eigenvalue weighted by molar-refractivity contribution is 5.75. The van der Waals surface area contributed by atoms with Gasteiger partial charge in [-0.1, -0.05) is 18.2 Å². The predicted molar refractivity (Wildman–Crippen MR) is 77.2 cm³/mol. The van der Waals surface area contributed by atoms with Crippen molar-refractivity contribution in [1.82, 2.24) is 0 Å². The highest BCUT2D eigenvalue weighted by atomic mass is 16.6. The van der Waals surface area contributed by atoms with Crippen LogP contribution in [-0.2, 0) is 4.79 Å². The zero-order valence-corrected chi connectivity index (χ0v) is 11.7. The van der Waals surface area contributed by atoms with E-state index in [0.717, 1.165) is 0 Å². The van der Waals surface area contributed by atoms with Gasteiger partial charge in [0.15, 0.2) is 6.61 Å². The second-order valence-electron chi connectivity index (χ2n) is 4.17. The molecule has 0 amide bonds. The molecule has 0 heterocycles. The number of nitro groups is 1. The summed E-state index contributed by atoms with van der Waals surface area (Å²) in [4.78, 5) is 22.0. The van der Waals surface area contributed by atoms with E-state index in [1.165, 1.54) is 25.3 Å². The second kappa shape index (κ2) is 7.07. The summed E-state index contributed by atoms with van der Waals surface area (Å²) in [5, 5.41) is 11.0. The van der Waals surface area contributed by atoms with Gasteiger partial charge in [-0.25, -0.2) is 4.79 Å². The van der Waals surface area contributed by atoms with Gasteiger partial charge >= 0.3 is 11.7 Å². The molecule has 0 bridgehead atoms. The molecule has 0 aliphatic heterocycles. The Kier molecular flexibility index (Phi) is 4.92. The lowest BCUT2D eigenvalue weighted by Crippen LogP contribution is -2.18. The minimum Gasteiger partial charge on any atom is -0.496 e. The molecule has 0 aliphatic carbocycles. The molecule has 7 nitrogen and oxygen atoms in total. The summed E-state index contributed by atoms with van der Waals surface area (Å²) < 4.78 is 15.1. The molecule has 0 unspecified atom stereocenters. The molecule has 0 saturated carbocycles. The molecule has 0 aromatic heterocycles. The monoisotopic (exact) mass is 303 g/mol. The minimum absolute atomic E-state index is 0.160. The number of hydrogen-bond donors (Lipinski definition) is 0. The summed E-state index contributed by atoms with van der Waals surface area (Å²) >= 11 is 0. The van der Waals surface area contributed by atoms with E-state index in [4.69, 9.17) is 14.2 Å². The minimum atomic E-state index is -0.739. The van der Waals surface area contributed by atoms with Crippen molar-refractivity contribution in [2.45, 2.75) is 0 Å². The lowest BCUT2D eigenvalue weighted by molar-refractivity contribution is -0.385. The number of nitro benzene ring substituents is 1. The summed E-state index contributed by atoms with van der Waals surface area (Å²) in [6, 6.07) is 12.6. The summed E-state index contributed by atoms with van der Waals surface area (Å²) in [5.41, 5.74) is -0.354. The van der Waals surface area contributed by atoms with E-state index in [0.29, 0.717) is 11.5 Å². The first-order valence-corrected chi connectivity index (χ1v) is 6.31. The van der Waals surface area contributed by atoms with E-state index in [-0.39, 0.29) is 18.0 Å². The van der Waals surface area contributed by atoms with Crippen LogP contribution in [0, 0.1) is 10.1 Å². The predicted octanol–water partition coefficient (Wildman–Crippen LogP) is 2.59. The average molecular weight is 303 g/mol. The number of carbonyl (C=O) groups excluding carboxylic acids is 1. The number of ether oxygens (including phenoxy) is 3. The lowest BCUT2D eigenvalue weighted by atomic mass is 10.3. The van der Waals surface area contributed by atoms with Crippen LogP contribution in [0.25, 0.3) is 0 Å². The quantitative estimate of drug-likeness (QED) is 0.353. The Labute approximate surface area is 126 Å². The van der Waals surface area contributed by atoms with Crippen LogP contribution < -0.4 is 14.2 Å². The number of hydrogen-bond acceptors (Lipinski definition) is 6. The Morgan fingerprint density at radius 1 is 1.14 bits per heavy atom. The van der Waals surface area contributed by atoms with Crippen LogP contribution >= 0.6 is 0 Å². The molecule has 2 rings (SSSR count). The average Bonchev–Trinajstić information content (AvgIpc) is 2.54. The Morgan fingerprint density at radius 3 is 2.50 bits per heavy atom. The van der Waals surface area contributed by atoms with E-state index in [1.807, 2.05) is 6.07 Å². The molecule has 22 heavy (non-hydrogen) atoms. The van der Waals surface area contributed by atoms with E-state index < -0.39 is 10.9 Å². The third-order valence-electron chi connectivity index (χ3n) is 2.69. The highest BCUT2D eigenvalue weighted by Gasteiger charge is 2.19. The maximum atomic E-state index is 11.7. The van der Waals surface area contributed by atoms with Crippen molar-refractivity contribution in [1.29, 1.82) is 0 Å². The molecule has 2 aromatic carbocycles. The van der Waals surface area contributed by atoms with Gasteiger partial charge in [-0.2, -0.15) is 0 Å². The number of esters is 1. The normalized spacial score (nSPS) is 9.86. The van der Waals surface area contributed by atoms with Crippen LogP contribution in [0.2, 0.25) is 0 Å². The number of para-hydroxylation sites is 1. The van der Waals surface area contributed by atoms with E-state index >= 15 is 0 Å². The van der Waals surface area contributed by atoms with Crippen molar-refractivity contribution < 1.29 is 23.9 Å². The standard InChI is InChI=1S/C15H13NO6/c1-20-12-7-8-14(13(9-12)16(18)19)22-15(17)10-21-11-5-3-2-4-6-11/h2-9H,10H2,1H3. The largest absolute Gasteiger partial charge is 0.496 e. The number of rotatable bonds is 6. The molecule has 7 heteroatoms. The van der Waals surface area contributed by atoms with E-state index in [9.17, 15) is 14.9 Å². The molecular formula is C15H13NO6. The van der Waals surface area contributed by atoms with Gasteiger partial charge in [0.05, 0.1) is 18.1 Å². The molecular weight excluding hydrogens is 290 g/mol. The van der Waals surface area contributed by atoms with Crippen LogP contribution in [0.1, 0.15) is 0 Å². The summed E-state index contributed by atoms with van der Waals surface area (Å²) in [7, 11) is 1.39. The van der Waals surface area contributed by atoms with Crippen molar-refractivity contribution in [3.05, 3.63) is 58.6 Å². The van der Waals surface area contributed by atoms with Gasteiger partial charge in [0.2, 0.25) is 5.75 Å². The van der Waals surface area contributed by atoms with E-state index in [2.05, 4.69) is 0 Å². The molecule has 0 fully saturated rings. The van der Waals surface area contributed by atoms with Gasteiger partial charge in [-0.15, -0.1) is 0 Å². The Bertz CT molecular complexity index is 671. The first kappa shape index (κ1) is 15.3. The Morgan fingerprint density at radius 2 is 1.86 bits per heavy atom. The highest BCUT2D eigenvalue weighted by Crippen LogP contribution is 2.31. The van der Waals surface area contributed by atoms with Crippen molar-refractivity contribution in [2.24, 2.45) is 0 Å². The van der Waals surface area contributed by atoms with Crippen molar-refractivity contribution in [3.8, 4) is 17.2 Å². The zero-order chi connectivity index (χ0) is 15.9. The number of benzene rings is 2. The maximum Gasteiger partial charge on any atom is 0.349 e. The molecule has 0 N–H and O–H groups in total. The molecule has 0 aliphatic rings. The molecule has 2 aromatic rings. The van der Waals surface area contributed by atoms with Crippen LogP contribution in [0.15, 0.2) is 48.5 Å². The zero-order valence-electron chi connectivity index (χ0n) is 11.7. The number of nitrogens with zero attached hydrogens (tertiary/aromatic N) is 1. The number of carbonyl (C=O) groups is 1. The maximum absolute atomic E-state index is 11.7. The third-order valence-corrected chi connectivity index (χ3v) is 2.69. The third kappa shape index (κ3) is 3.95. The SMILES string of the molecule is COc1ccc(OC(=O)COc2ccccc2)c([N+](=O)[O-])c1. The molecule has 0 spiro atoms. The fourth-order valence-electron chi connectivity index (χ4n) is 1.66. The number of methoxy groups -OCH3 is 1. The molecule has 0 radical (unpaired) electrons. The van der Waals surface area contributed by atoms with Crippen molar-refractivity contribution in [3.63, 3.8) is 0 Å². The lowest BCUT2D eigenvalue weighted by Gasteiger charge is -2.08. The van der Waals surface area contributed by atoms with Gasteiger partial charge in [-0.05, 0) is 24.3 Å². The Balaban J connectivity index is 2.03. The molecule has 0 atom stereocenters. The van der Waals surface area contributed by atoms with Gasteiger partial charge < -0.3 is 14.2 Å². The first-order valence-electron chi connectivity index (χ1n) is 6.31. The Hall–Kier alpha value is -3.09.